The molecular weight excluding hydrogens is 448 g/mol. The average Bonchev–Trinajstić information content (AvgIpc) is 2.89. The summed E-state index contributed by atoms with van der Waals surface area (Å²) in [6.45, 7) is 3.27. The van der Waals surface area contributed by atoms with Crippen molar-refractivity contribution in [3.63, 3.8) is 0 Å². The first-order valence-corrected chi connectivity index (χ1v) is 14.4. The molecule has 0 atom stereocenters. The van der Waals surface area contributed by atoms with Gasteiger partial charge in [0.2, 0.25) is 0 Å². The largest absolute Gasteiger partial charge is 0.493 e. The summed E-state index contributed by atoms with van der Waals surface area (Å²) < 4.78 is 11.7. The highest BCUT2D eigenvalue weighted by molar-refractivity contribution is 5.88. The Bertz CT molecular complexity index is 818. The third-order valence-corrected chi connectivity index (χ3v) is 6.64. The molecule has 0 fully saturated rings. The number of carboxylic acids is 1. The van der Waals surface area contributed by atoms with Crippen LogP contribution in [0.25, 0.3) is 0 Å². The summed E-state index contributed by atoms with van der Waals surface area (Å²) in [4.78, 5) is 11.5. The molecule has 0 bridgehead atoms. The molecule has 4 nitrogen and oxygen atoms in total. The minimum Gasteiger partial charge on any atom is -0.493 e. The first kappa shape index (κ1) is 29.7. The van der Waals surface area contributed by atoms with Crippen LogP contribution in [0, 0.1) is 0 Å². The molecule has 0 spiro atoms. The Morgan fingerprint density at radius 1 is 0.639 bits per heavy atom. The molecule has 36 heavy (non-hydrogen) atoms. The quantitative estimate of drug-likeness (QED) is 0.165. The van der Waals surface area contributed by atoms with Crippen molar-refractivity contribution in [3.8, 4) is 11.5 Å². The van der Waals surface area contributed by atoms with Gasteiger partial charge in [-0.05, 0) is 24.1 Å². The van der Waals surface area contributed by atoms with Crippen molar-refractivity contribution in [2.75, 3.05) is 6.61 Å². The number of unbranched alkanes of at least 4 members (excludes halogenated alkanes) is 15. The molecule has 0 radical (unpaired) electrons. The molecule has 0 heterocycles. The summed E-state index contributed by atoms with van der Waals surface area (Å²) in [5.74, 6) is 0.0899. The molecule has 0 aliphatic carbocycles. The molecule has 0 aliphatic rings. The first-order chi connectivity index (χ1) is 17.7. The van der Waals surface area contributed by atoms with Gasteiger partial charge < -0.3 is 14.6 Å². The van der Waals surface area contributed by atoms with E-state index in [9.17, 15) is 9.90 Å². The second-order valence-electron chi connectivity index (χ2n) is 9.92. The Balaban J connectivity index is 1.50. The van der Waals surface area contributed by atoms with Crippen molar-refractivity contribution in [2.45, 2.75) is 116 Å². The summed E-state index contributed by atoms with van der Waals surface area (Å²) in [6.07, 6.45) is 21.4. The van der Waals surface area contributed by atoms with Crippen molar-refractivity contribution in [2.24, 2.45) is 0 Å². The summed E-state index contributed by atoms with van der Waals surface area (Å²) in [5, 5.41) is 9.43. The summed E-state index contributed by atoms with van der Waals surface area (Å²) in [6, 6.07) is 14.7. The molecule has 2 rings (SSSR count). The molecule has 0 aliphatic heterocycles. The van der Waals surface area contributed by atoms with Crippen LogP contribution >= 0.6 is 0 Å². The predicted octanol–water partition coefficient (Wildman–Crippen LogP) is 9.60. The molecule has 0 unspecified atom stereocenters. The van der Waals surface area contributed by atoms with Gasteiger partial charge in [-0.1, -0.05) is 134 Å². The van der Waals surface area contributed by atoms with Crippen molar-refractivity contribution in [1.29, 1.82) is 0 Å². The Morgan fingerprint density at radius 3 is 1.61 bits per heavy atom. The van der Waals surface area contributed by atoms with Gasteiger partial charge >= 0.3 is 5.97 Å². The summed E-state index contributed by atoms with van der Waals surface area (Å²) in [7, 11) is 0. The SMILES string of the molecule is CCCCCCCCCCCCCCCCCCOc1cc(OCc2ccccc2)cc(C(=O)O)c1. The van der Waals surface area contributed by atoms with E-state index in [0.29, 0.717) is 24.7 Å². The van der Waals surface area contributed by atoms with E-state index in [1.807, 2.05) is 30.3 Å². The monoisotopic (exact) mass is 496 g/mol. The number of hydrogen-bond donors (Lipinski definition) is 1. The summed E-state index contributed by atoms with van der Waals surface area (Å²) in [5.41, 5.74) is 1.22. The minimum atomic E-state index is -0.979. The lowest BCUT2D eigenvalue weighted by molar-refractivity contribution is 0.0695. The Morgan fingerprint density at radius 2 is 1.11 bits per heavy atom. The molecule has 4 heteroatoms. The standard InChI is InChI=1S/C32H48O4/c1-2-3-4-5-6-7-8-9-10-11-12-13-14-15-16-20-23-35-30-24-29(32(33)34)25-31(26-30)36-27-28-21-18-17-19-22-28/h17-19,21-22,24-26H,2-16,20,23,27H2,1H3,(H,33,34). The zero-order chi connectivity index (χ0) is 25.7. The van der Waals surface area contributed by atoms with Crippen LogP contribution in [0.15, 0.2) is 48.5 Å². The maximum Gasteiger partial charge on any atom is 0.335 e. The highest BCUT2D eigenvalue weighted by Crippen LogP contribution is 2.24. The fraction of sp³-hybridized carbons (Fsp3) is 0.594. The van der Waals surface area contributed by atoms with Crippen molar-refractivity contribution >= 4 is 5.97 Å². The number of hydrogen-bond acceptors (Lipinski definition) is 3. The van der Waals surface area contributed by atoms with E-state index in [1.54, 1.807) is 18.2 Å². The summed E-state index contributed by atoms with van der Waals surface area (Å²) >= 11 is 0. The van der Waals surface area contributed by atoms with E-state index in [1.165, 1.54) is 89.9 Å². The van der Waals surface area contributed by atoms with Gasteiger partial charge in [-0.15, -0.1) is 0 Å². The van der Waals surface area contributed by atoms with Gasteiger partial charge in [0.25, 0.3) is 0 Å². The molecule has 2 aromatic carbocycles. The molecule has 0 saturated heterocycles. The van der Waals surface area contributed by atoms with Crippen molar-refractivity contribution in [1.82, 2.24) is 0 Å². The fourth-order valence-electron chi connectivity index (χ4n) is 4.44. The van der Waals surface area contributed by atoms with Crippen molar-refractivity contribution in [3.05, 3.63) is 59.7 Å². The number of ether oxygens (including phenoxy) is 2. The van der Waals surface area contributed by atoms with E-state index >= 15 is 0 Å². The smallest absolute Gasteiger partial charge is 0.335 e. The van der Waals surface area contributed by atoms with Gasteiger partial charge in [0, 0.05) is 6.07 Å². The van der Waals surface area contributed by atoms with Gasteiger partial charge in [0.05, 0.1) is 12.2 Å². The Hall–Kier alpha value is -2.49. The zero-order valence-electron chi connectivity index (χ0n) is 22.5. The second-order valence-corrected chi connectivity index (χ2v) is 9.92. The van der Waals surface area contributed by atoms with Gasteiger partial charge in [0.1, 0.15) is 18.1 Å². The van der Waals surface area contributed by atoms with Gasteiger partial charge in [0.15, 0.2) is 0 Å². The number of rotatable bonds is 22. The third-order valence-electron chi connectivity index (χ3n) is 6.64. The van der Waals surface area contributed by atoms with Crippen molar-refractivity contribution < 1.29 is 19.4 Å². The molecular formula is C32H48O4. The van der Waals surface area contributed by atoms with E-state index in [0.717, 1.165) is 18.4 Å². The first-order valence-electron chi connectivity index (χ1n) is 14.4. The van der Waals surface area contributed by atoms with E-state index < -0.39 is 5.97 Å². The molecule has 0 amide bonds. The van der Waals surface area contributed by atoms with E-state index in [-0.39, 0.29) is 5.56 Å². The normalized spacial score (nSPS) is 10.9. The van der Waals surface area contributed by atoms with Crippen LogP contribution in [0.5, 0.6) is 11.5 Å². The van der Waals surface area contributed by atoms with E-state index in [2.05, 4.69) is 6.92 Å². The molecule has 200 valence electrons. The molecule has 1 N–H and O–H groups in total. The van der Waals surface area contributed by atoms with Crippen LogP contribution in [-0.2, 0) is 6.61 Å². The lowest BCUT2D eigenvalue weighted by Gasteiger charge is -2.11. The fourth-order valence-corrected chi connectivity index (χ4v) is 4.44. The predicted molar refractivity (Wildman–Crippen MR) is 149 cm³/mol. The van der Waals surface area contributed by atoms with Crippen LogP contribution in [0.4, 0.5) is 0 Å². The number of benzene rings is 2. The zero-order valence-corrected chi connectivity index (χ0v) is 22.5. The molecule has 0 saturated carbocycles. The number of aromatic carboxylic acids is 1. The maximum absolute atomic E-state index is 11.5. The highest BCUT2D eigenvalue weighted by atomic mass is 16.5. The van der Waals surface area contributed by atoms with Crippen LogP contribution in [0.3, 0.4) is 0 Å². The Labute approximate surface area is 219 Å². The van der Waals surface area contributed by atoms with Crippen LogP contribution in [0.2, 0.25) is 0 Å². The van der Waals surface area contributed by atoms with E-state index in [4.69, 9.17) is 9.47 Å². The maximum atomic E-state index is 11.5. The van der Waals surface area contributed by atoms with Gasteiger partial charge in [-0.2, -0.15) is 0 Å². The topological polar surface area (TPSA) is 55.8 Å². The molecule has 2 aromatic rings. The average molecular weight is 497 g/mol. The molecule has 0 aromatic heterocycles. The van der Waals surface area contributed by atoms with Gasteiger partial charge in [-0.3, -0.25) is 0 Å². The van der Waals surface area contributed by atoms with Crippen LogP contribution in [0.1, 0.15) is 126 Å². The number of carboxylic acid groups (broad SMARTS) is 1. The second kappa shape index (κ2) is 19.7. The van der Waals surface area contributed by atoms with Crippen LogP contribution in [-0.4, -0.2) is 17.7 Å². The minimum absolute atomic E-state index is 0.183. The van der Waals surface area contributed by atoms with Gasteiger partial charge in [-0.25, -0.2) is 4.79 Å². The Kier molecular flexibility index (Phi) is 16.2. The number of carbonyl (C=O) groups is 1. The van der Waals surface area contributed by atoms with Crippen LogP contribution < -0.4 is 9.47 Å². The third kappa shape index (κ3) is 14.2. The lowest BCUT2D eigenvalue weighted by Crippen LogP contribution is -2.03. The highest BCUT2D eigenvalue weighted by Gasteiger charge is 2.09. The lowest BCUT2D eigenvalue weighted by atomic mass is 10.0.